The smallest absolute Gasteiger partial charge is 0.290 e. The number of amides is 1. The summed E-state index contributed by atoms with van der Waals surface area (Å²) in [4.78, 5) is 17.3. The Morgan fingerprint density at radius 3 is 2.36 bits per heavy atom. The molecule has 1 atom stereocenters. The zero-order chi connectivity index (χ0) is 17.1. The van der Waals surface area contributed by atoms with E-state index in [1.807, 2.05) is 72.1 Å². The monoisotopic (exact) mass is 348 g/mol. The van der Waals surface area contributed by atoms with E-state index in [0.29, 0.717) is 11.6 Å². The molecule has 0 spiro atoms. The average Bonchev–Trinajstić information content (AvgIpc) is 3.33. The van der Waals surface area contributed by atoms with Gasteiger partial charge in [-0.05, 0) is 24.0 Å². The average molecular weight is 348 g/mol. The summed E-state index contributed by atoms with van der Waals surface area (Å²) in [5.41, 5.74) is 2.26. The van der Waals surface area contributed by atoms with E-state index in [1.54, 1.807) is 11.8 Å². The summed E-state index contributed by atoms with van der Waals surface area (Å²) >= 11 is 1.60. The lowest BCUT2D eigenvalue weighted by atomic mass is 10.1. The highest BCUT2D eigenvalue weighted by Crippen LogP contribution is 2.30. The van der Waals surface area contributed by atoms with Crippen LogP contribution in [0.1, 0.15) is 17.0 Å². The highest BCUT2D eigenvalue weighted by molar-refractivity contribution is 8.02. The van der Waals surface area contributed by atoms with Crippen molar-refractivity contribution in [2.24, 2.45) is 0 Å². The van der Waals surface area contributed by atoms with Gasteiger partial charge in [0.1, 0.15) is 5.69 Å². The molecule has 4 rings (SSSR count). The zero-order valence-corrected chi connectivity index (χ0v) is 14.2. The molecule has 2 aromatic carbocycles. The van der Waals surface area contributed by atoms with E-state index in [4.69, 9.17) is 4.42 Å². The van der Waals surface area contributed by atoms with Gasteiger partial charge in [0.05, 0.1) is 5.37 Å². The van der Waals surface area contributed by atoms with Gasteiger partial charge in [0.15, 0.2) is 0 Å². The number of oxazole rings is 1. The summed E-state index contributed by atoms with van der Waals surface area (Å²) in [6.07, 6.45) is 2.86. The first kappa shape index (κ1) is 15.7. The molecule has 0 radical (unpaired) electrons. The Morgan fingerprint density at radius 1 is 1.04 bits per heavy atom. The van der Waals surface area contributed by atoms with Gasteiger partial charge in [0, 0.05) is 11.1 Å². The minimum atomic E-state index is -0.241. The van der Waals surface area contributed by atoms with Crippen molar-refractivity contribution < 1.29 is 9.21 Å². The van der Waals surface area contributed by atoms with E-state index < -0.39 is 0 Å². The molecule has 2 heterocycles. The van der Waals surface area contributed by atoms with Crippen LogP contribution in [-0.2, 0) is 0 Å². The van der Waals surface area contributed by atoms with Crippen molar-refractivity contribution >= 4 is 17.7 Å². The number of nitrogens with one attached hydrogen (secondary N) is 1. The van der Waals surface area contributed by atoms with Crippen molar-refractivity contribution in [1.82, 2.24) is 10.3 Å². The molecule has 124 valence electrons. The van der Waals surface area contributed by atoms with Crippen LogP contribution in [0.2, 0.25) is 0 Å². The molecule has 1 aliphatic rings. The number of aromatic nitrogens is 1. The second kappa shape index (κ2) is 6.99. The number of hydrogen-bond acceptors (Lipinski definition) is 4. The molecule has 5 heteroatoms. The zero-order valence-electron chi connectivity index (χ0n) is 13.4. The van der Waals surface area contributed by atoms with Crippen molar-refractivity contribution in [1.29, 1.82) is 0 Å². The van der Waals surface area contributed by atoms with Crippen molar-refractivity contribution in [3.8, 4) is 22.7 Å². The van der Waals surface area contributed by atoms with Crippen molar-refractivity contribution in [2.75, 3.05) is 0 Å². The van der Waals surface area contributed by atoms with Crippen molar-refractivity contribution in [2.45, 2.75) is 11.8 Å². The normalized spacial score (nSPS) is 16.1. The van der Waals surface area contributed by atoms with Crippen LogP contribution in [0.3, 0.4) is 0 Å². The van der Waals surface area contributed by atoms with Crippen LogP contribution in [0.15, 0.2) is 76.6 Å². The third-order valence-corrected chi connectivity index (χ3v) is 4.87. The van der Waals surface area contributed by atoms with Gasteiger partial charge in [-0.1, -0.05) is 54.6 Å². The van der Waals surface area contributed by atoms with Gasteiger partial charge >= 0.3 is 0 Å². The molecule has 0 aliphatic carbocycles. The van der Waals surface area contributed by atoms with E-state index >= 15 is 0 Å². The molecule has 1 amide bonds. The molecule has 0 fully saturated rings. The van der Waals surface area contributed by atoms with E-state index in [1.165, 1.54) is 0 Å². The first-order valence-electron chi connectivity index (χ1n) is 8.04. The molecular formula is C20H16N2O2S. The van der Waals surface area contributed by atoms with Crippen LogP contribution >= 0.6 is 11.8 Å². The van der Waals surface area contributed by atoms with Crippen LogP contribution in [0.25, 0.3) is 22.7 Å². The van der Waals surface area contributed by atoms with Gasteiger partial charge in [-0.25, -0.2) is 4.98 Å². The van der Waals surface area contributed by atoms with Gasteiger partial charge in [0.25, 0.3) is 5.91 Å². The van der Waals surface area contributed by atoms with Gasteiger partial charge in [0.2, 0.25) is 11.7 Å². The minimum Gasteiger partial charge on any atom is -0.430 e. The molecule has 1 aromatic heterocycles. The second-order valence-electron chi connectivity index (χ2n) is 5.63. The quantitative estimate of drug-likeness (QED) is 0.741. The first-order chi connectivity index (χ1) is 12.3. The molecule has 0 saturated heterocycles. The number of rotatable bonds is 4. The number of hydrogen-bond donors (Lipinski definition) is 1. The fourth-order valence-electron chi connectivity index (χ4n) is 2.66. The number of carbonyl (C=O) groups is 1. The van der Waals surface area contributed by atoms with E-state index in [9.17, 15) is 4.79 Å². The van der Waals surface area contributed by atoms with Crippen molar-refractivity contribution in [3.05, 3.63) is 77.9 Å². The SMILES string of the molecule is O=C(NC1CC=CS1)c1oc(-c2ccccc2)nc1-c1ccccc1. The maximum Gasteiger partial charge on any atom is 0.290 e. The third kappa shape index (κ3) is 3.37. The summed E-state index contributed by atoms with van der Waals surface area (Å²) in [6.45, 7) is 0. The lowest BCUT2D eigenvalue weighted by molar-refractivity contribution is 0.0924. The Morgan fingerprint density at radius 2 is 1.72 bits per heavy atom. The molecule has 0 saturated carbocycles. The summed E-state index contributed by atoms with van der Waals surface area (Å²) in [5, 5.41) is 5.04. The Hall–Kier alpha value is -2.79. The van der Waals surface area contributed by atoms with Crippen LogP contribution in [0.5, 0.6) is 0 Å². The molecule has 1 aliphatic heterocycles. The van der Waals surface area contributed by atoms with Gasteiger partial charge in [-0.3, -0.25) is 4.79 Å². The first-order valence-corrected chi connectivity index (χ1v) is 8.98. The van der Waals surface area contributed by atoms with Crippen LogP contribution in [0.4, 0.5) is 0 Å². The maximum absolute atomic E-state index is 12.8. The number of thioether (sulfide) groups is 1. The third-order valence-electron chi connectivity index (χ3n) is 3.88. The summed E-state index contributed by atoms with van der Waals surface area (Å²) in [6, 6.07) is 19.2. The molecule has 1 unspecified atom stereocenters. The fourth-order valence-corrected chi connectivity index (χ4v) is 3.47. The summed E-state index contributed by atoms with van der Waals surface area (Å²) in [5.74, 6) is 0.453. The lowest BCUT2D eigenvalue weighted by Crippen LogP contribution is -2.30. The highest BCUT2D eigenvalue weighted by Gasteiger charge is 2.24. The standard InChI is InChI=1S/C20H16N2O2S/c23-19(21-16-12-7-13-25-16)18-17(14-8-3-1-4-9-14)22-20(24-18)15-10-5-2-6-11-15/h1-11,13,16H,12H2,(H,21,23). The van der Waals surface area contributed by atoms with Crippen LogP contribution in [0, 0.1) is 0 Å². The molecule has 4 nitrogen and oxygen atoms in total. The Balaban J connectivity index is 1.73. The maximum atomic E-state index is 12.8. The number of nitrogens with zero attached hydrogens (tertiary/aromatic N) is 1. The molecule has 25 heavy (non-hydrogen) atoms. The number of benzene rings is 2. The van der Waals surface area contributed by atoms with Gasteiger partial charge in [-0.15, -0.1) is 11.8 Å². The lowest BCUT2D eigenvalue weighted by Gasteiger charge is -2.10. The second-order valence-corrected chi connectivity index (χ2v) is 6.75. The minimum absolute atomic E-state index is 0.0430. The predicted octanol–water partition coefficient (Wildman–Crippen LogP) is 4.72. The van der Waals surface area contributed by atoms with E-state index in [0.717, 1.165) is 17.5 Å². The van der Waals surface area contributed by atoms with Gasteiger partial charge in [-0.2, -0.15) is 0 Å². The fraction of sp³-hybridized carbons (Fsp3) is 0.100. The van der Waals surface area contributed by atoms with Crippen molar-refractivity contribution in [3.63, 3.8) is 0 Å². The largest absolute Gasteiger partial charge is 0.430 e. The Kier molecular flexibility index (Phi) is 4.39. The van der Waals surface area contributed by atoms with Crippen LogP contribution in [-0.4, -0.2) is 16.3 Å². The van der Waals surface area contributed by atoms with E-state index in [-0.39, 0.29) is 17.0 Å². The van der Waals surface area contributed by atoms with Gasteiger partial charge < -0.3 is 9.73 Å². The van der Waals surface area contributed by atoms with E-state index in [2.05, 4.69) is 10.3 Å². The molecule has 1 N–H and O–H groups in total. The predicted molar refractivity (Wildman–Crippen MR) is 100.0 cm³/mol. The Labute approximate surface area is 150 Å². The Bertz CT molecular complexity index is 896. The topological polar surface area (TPSA) is 55.1 Å². The summed E-state index contributed by atoms with van der Waals surface area (Å²) in [7, 11) is 0. The highest BCUT2D eigenvalue weighted by atomic mass is 32.2. The van der Waals surface area contributed by atoms with Crippen LogP contribution < -0.4 is 5.32 Å². The molecule has 0 bridgehead atoms. The molecular weight excluding hydrogens is 332 g/mol. The number of carbonyl (C=O) groups excluding carboxylic acids is 1. The molecule has 3 aromatic rings. The summed E-state index contributed by atoms with van der Waals surface area (Å²) < 4.78 is 5.87.